The predicted molar refractivity (Wildman–Crippen MR) is 129 cm³/mol. The molecule has 154 valence electrons. The van der Waals surface area contributed by atoms with Gasteiger partial charge in [-0.25, -0.2) is 5.43 Å². The Kier molecular flexibility index (Phi) is 6.74. The van der Waals surface area contributed by atoms with E-state index in [0.29, 0.717) is 17.9 Å². The van der Waals surface area contributed by atoms with Gasteiger partial charge in [0.25, 0.3) is 5.91 Å². The van der Waals surface area contributed by atoms with E-state index >= 15 is 0 Å². The van der Waals surface area contributed by atoms with E-state index in [9.17, 15) is 4.79 Å². The highest BCUT2D eigenvalue weighted by Gasteiger charge is 2.10. The Morgan fingerprint density at radius 1 is 1.03 bits per heavy atom. The van der Waals surface area contributed by atoms with Crippen LogP contribution in [0.5, 0.6) is 5.75 Å². The smallest absolute Gasteiger partial charge is 0.272 e. The molecule has 0 saturated heterocycles. The number of hydrazone groups is 1. The summed E-state index contributed by atoms with van der Waals surface area (Å²) in [5.41, 5.74) is 4.84. The molecule has 1 aromatic heterocycles. The van der Waals surface area contributed by atoms with Crippen molar-refractivity contribution in [2.24, 2.45) is 5.10 Å². The van der Waals surface area contributed by atoms with E-state index in [1.165, 1.54) is 17.0 Å². The van der Waals surface area contributed by atoms with E-state index in [-0.39, 0.29) is 5.91 Å². The molecule has 0 bridgehead atoms. The second-order valence-electron chi connectivity index (χ2n) is 6.68. The zero-order valence-electron chi connectivity index (χ0n) is 16.3. The lowest BCUT2D eigenvalue weighted by molar-refractivity contribution is 0.0955. The van der Waals surface area contributed by atoms with Crippen molar-refractivity contribution in [1.82, 2.24) is 10.4 Å². The maximum absolute atomic E-state index is 12.0. The first-order valence-corrected chi connectivity index (χ1v) is 11.0. The molecule has 0 aliphatic rings. The molecule has 1 heterocycles. The van der Waals surface area contributed by atoms with Crippen molar-refractivity contribution in [2.75, 3.05) is 0 Å². The van der Waals surface area contributed by atoms with Crippen LogP contribution in [0, 0.1) is 0 Å². The van der Waals surface area contributed by atoms with Crippen molar-refractivity contribution in [3.8, 4) is 5.75 Å². The molecule has 1 N–H and O–H groups in total. The molecule has 0 aliphatic carbocycles. The van der Waals surface area contributed by atoms with Crippen LogP contribution >= 0.6 is 31.9 Å². The van der Waals surface area contributed by atoms with Crippen LogP contribution in [0.1, 0.15) is 21.5 Å². The quantitative estimate of drug-likeness (QED) is 0.238. The summed E-state index contributed by atoms with van der Waals surface area (Å²) in [6.45, 7) is 0.438. The molecule has 0 spiro atoms. The van der Waals surface area contributed by atoms with E-state index in [0.717, 1.165) is 20.1 Å². The third-order valence-corrected chi connectivity index (χ3v) is 5.75. The first-order valence-electron chi connectivity index (χ1n) is 9.44. The number of carbonyl (C=O) groups excluding carboxylic acids is 1. The highest BCUT2D eigenvalue weighted by molar-refractivity contribution is 9.11. The normalized spacial score (nSPS) is 11.0. The molecular weight excluding hydrogens is 522 g/mol. The number of amides is 1. The number of nitrogens with one attached hydrogen (secondary N) is 1. The Balaban J connectivity index is 1.45. The van der Waals surface area contributed by atoms with Crippen LogP contribution in [-0.2, 0) is 6.61 Å². The molecule has 7 heteroatoms. The number of benzene rings is 3. The van der Waals surface area contributed by atoms with E-state index < -0.39 is 0 Å². The fraction of sp³-hybridized carbons (Fsp3) is 0.0417. The van der Waals surface area contributed by atoms with Gasteiger partial charge in [-0.05, 0) is 78.0 Å². The van der Waals surface area contributed by atoms with Crippen molar-refractivity contribution in [2.45, 2.75) is 6.61 Å². The minimum Gasteiger partial charge on any atom is -0.487 e. The molecule has 0 unspecified atom stereocenters. The number of hydrogen-bond acceptors (Lipinski definition) is 4. The van der Waals surface area contributed by atoms with E-state index in [1.54, 1.807) is 24.5 Å². The van der Waals surface area contributed by atoms with Crippen molar-refractivity contribution in [3.63, 3.8) is 0 Å². The standard InChI is InChI=1S/C24H17Br2N3O2/c25-21-11-16(13-28-29-24(30)18-8-4-10-27-14-18)12-22(26)23(21)31-15-19-7-3-6-17-5-1-2-9-20(17)19/h1-14H,15H2,(H,29,30). The van der Waals surface area contributed by atoms with Crippen LogP contribution in [0.4, 0.5) is 0 Å². The van der Waals surface area contributed by atoms with Gasteiger partial charge in [0, 0.05) is 12.4 Å². The first kappa shape index (κ1) is 21.2. The lowest BCUT2D eigenvalue weighted by Crippen LogP contribution is -2.17. The van der Waals surface area contributed by atoms with Gasteiger partial charge in [-0.1, -0.05) is 42.5 Å². The van der Waals surface area contributed by atoms with Crippen LogP contribution in [-0.4, -0.2) is 17.1 Å². The van der Waals surface area contributed by atoms with Gasteiger partial charge in [0.2, 0.25) is 0 Å². The predicted octanol–water partition coefficient (Wildman–Crippen LogP) is 6.10. The number of rotatable bonds is 6. The summed E-state index contributed by atoms with van der Waals surface area (Å²) in [5, 5.41) is 6.38. The summed E-state index contributed by atoms with van der Waals surface area (Å²) in [5.74, 6) is 0.377. The molecule has 4 aromatic rings. The topological polar surface area (TPSA) is 63.6 Å². The Labute approximate surface area is 196 Å². The first-order chi connectivity index (χ1) is 15.1. The number of nitrogens with zero attached hydrogens (tertiary/aromatic N) is 2. The zero-order chi connectivity index (χ0) is 21.6. The maximum Gasteiger partial charge on any atom is 0.272 e. The SMILES string of the molecule is O=C(NN=Cc1cc(Br)c(OCc2cccc3ccccc23)c(Br)c1)c1cccnc1. The Morgan fingerprint density at radius 3 is 2.58 bits per heavy atom. The molecule has 31 heavy (non-hydrogen) atoms. The van der Waals surface area contributed by atoms with Crippen LogP contribution < -0.4 is 10.2 Å². The van der Waals surface area contributed by atoms with Gasteiger partial charge in [-0.3, -0.25) is 9.78 Å². The molecule has 1 amide bonds. The average Bonchev–Trinajstić information content (AvgIpc) is 2.79. The minimum absolute atomic E-state index is 0.322. The summed E-state index contributed by atoms with van der Waals surface area (Å²) in [6.07, 6.45) is 4.66. The summed E-state index contributed by atoms with van der Waals surface area (Å²) in [7, 11) is 0. The van der Waals surface area contributed by atoms with Gasteiger partial charge in [-0.2, -0.15) is 5.10 Å². The van der Waals surface area contributed by atoms with Gasteiger partial charge in [0.05, 0.1) is 20.7 Å². The Hall–Kier alpha value is -3.03. The summed E-state index contributed by atoms with van der Waals surface area (Å²) >= 11 is 7.13. The average molecular weight is 539 g/mol. The molecule has 4 rings (SSSR count). The van der Waals surface area contributed by atoms with Crippen molar-refractivity contribution in [3.05, 3.63) is 105 Å². The van der Waals surface area contributed by atoms with Crippen molar-refractivity contribution in [1.29, 1.82) is 0 Å². The molecule has 0 fully saturated rings. The summed E-state index contributed by atoms with van der Waals surface area (Å²) in [4.78, 5) is 16.0. The Bertz CT molecular complexity index is 1230. The highest BCUT2D eigenvalue weighted by atomic mass is 79.9. The van der Waals surface area contributed by atoms with Gasteiger partial charge >= 0.3 is 0 Å². The van der Waals surface area contributed by atoms with Gasteiger partial charge in [0.1, 0.15) is 12.4 Å². The fourth-order valence-corrected chi connectivity index (χ4v) is 4.54. The fourth-order valence-electron chi connectivity index (χ4n) is 3.09. The number of hydrogen-bond donors (Lipinski definition) is 1. The molecule has 0 aliphatic heterocycles. The number of ether oxygens (including phenoxy) is 1. The third-order valence-electron chi connectivity index (χ3n) is 4.58. The van der Waals surface area contributed by atoms with E-state index in [2.05, 4.69) is 71.6 Å². The van der Waals surface area contributed by atoms with Crippen molar-refractivity contribution >= 4 is 54.8 Å². The number of fused-ring (bicyclic) bond motifs is 1. The number of pyridine rings is 1. The Morgan fingerprint density at radius 2 is 1.81 bits per heavy atom. The zero-order valence-corrected chi connectivity index (χ0v) is 19.4. The molecular formula is C24H17Br2N3O2. The lowest BCUT2D eigenvalue weighted by Gasteiger charge is -2.13. The molecule has 3 aromatic carbocycles. The van der Waals surface area contributed by atoms with Crippen LogP contribution in [0.3, 0.4) is 0 Å². The highest BCUT2D eigenvalue weighted by Crippen LogP contribution is 2.35. The second-order valence-corrected chi connectivity index (χ2v) is 8.39. The molecule has 0 saturated carbocycles. The van der Waals surface area contributed by atoms with Crippen LogP contribution in [0.25, 0.3) is 10.8 Å². The largest absolute Gasteiger partial charge is 0.487 e. The van der Waals surface area contributed by atoms with Crippen LogP contribution in [0.2, 0.25) is 0 Å². The van der Waals surface area contributed by atoms with Crippen molar-refractivity contribution < 1.29 is 9.53 Å². The second kappa shape index (κ2) is 9.85. The number of aromatic nitrogens is 1. The minimum atomic E-state index is -0.322. The maximum atomic E-state index is 12.0. The van der Waals surface area contributed by atoms with Gasteiger partial charge < -0.3 is 4.74 Å². The molecule has 0 radical (unpaired) electrons. The monoisotopic (exact) mass is 537 g/mol. The molecule has 0 atom stereocenters. The summed E-state index contributed by atoms with van der Waals surface area (Å²) < 4.78 is 7.66. The lowest BCUT2D eigenvalue weighted by atomic mass is 10.1. The van der Waals surface area contributed by atoms with Gasteiger partial charge in [-0.15, -0.1) is 0 Å². The van der Waals surface area contributed by atoms with E-state index in [1.807, 2.05) is 30.3 Å². The number of carbonyl (C=O) groups is 1. The van der Waals surface area contributed by atoms with Crippen LogP contribution in [0.15, 0.2) is 93.2 Å². The molecule has 5 nitrogen and oxygen atoms in total. The van der Waals surface area contributed by atoms with Gasteiger partial charge in [0.15, 0.2) is 0 Å². The van der Waals surface area contributed by atoms with E-state index in [4.69, 9.17) is 4.74 Å². The number of halogens is 2. The summed E-state index contributed by atoms with van der Waals surface area (Å²) in [6, 6.07) is 21.6. The third kappa shape index (κ3) is 5.18.